The molecule has 3 fully saturated rings. The number of anilines is 1. The molecule has 3 aromatic rings. The molecule has 0 amide bonds. The van der Waals surface area contributed by atoms with Gasteiger partial charge in [-0.3, -0.25) is 14.4 Å². The summed E-state index contributed by atoms with van der Waals surface area (Å²) in [6.07, 6.45) is 7.47. The summed E-state index contributed by atoms with van der Waals surface area (Å²) in [7, 11) is 0. The Hall–Kier alpha value is -2.42. The molecule has 0 unspecified atom stereocenters. The molecule has 6 rings (SSSR count). The summed E-state index contributed by atoms with van der Waals surface area (Å²) >= 11 is 6.71. The average Bonchev–Trinajstić information content (AvgIpc) is 3.37. The predicted molar refractivity (Wildman–Crippen MR) is 127 cm³/mol. The number of aromatic nitrogens is 4. The van der Waals surface area contributed by atoms with E-state index in [-0.39, 0.29) is 17.2 Å². The minimum absolute atomic E-state index is 0.178. The highest BCUT2D eigenvalue weighted by Gasteiger charge is 2.40. The van der Waals surface area contributed by atoms with E-state index in [9.17, 15) is 4.79 Å². The zero-order valence-corrected chi connectivity index (χ0v) is 19.8. The third-order valence-electron chi connectivity index (χ3n) is 7.74. The summed E-state index contributed by atoms with van der Waals surface area (Å²) in [5.74, 6) is 0.454. The minimum Gasteiger partial charge on any atom is -0.377 e. The smallest absolute Gasteiger partial charge is 0.133 e. The maximum absolute atomic E-state index is 11.5. The van der Waals surface area contributed by atoms with Gasteiger partial charge in [-0.2, -0.15) is 10.2 Å². The summed E-state index contributed by atoms with van der Waals surface area (Å²) in [5, 5.41) is 11.0. The molecule has 2 aliphatic heterocycles. The lowest BCUT2D eigenvalue weighted by atomic mass is 9.78. The van der Waals surface area contributed by atoms with Crippen molar-refractivity contribution < 1.29 is 9.53 Å². The van der Waals surface area contributed by atoms with Crippen LogP contribution in [0.25, 0.3) is 16.6 Å². The Morgan fingerprint density at radius 1 is 1.12 bits per heavy atom. The van der Waals surface area contributed by atoms with Crippen molar-refractivity contribution in [2.45, 2.75) is 38.3 Å². The first-order valence-corrected chi connectivity index (χ1v) is 12.1. The van der Waals surface area contributed by atoms with Crippen molar-refractivity contribution in [1.82, 2.24) is 24.5 Å². The van der Waals surface area contributed by atoms with Crippen molar-refractivity contribution >= 4 is 34.0 Å². The standard InChI is InChI=1S/C24H29ClN6O2/c1-16(32)17-7-19(8-17)30-13-20(12-26-30)31-22-10-23(21(25)9-18(22)11-27-31)28-3-5-29(6-4-28)24(2)14-33-15-24/h9-13,17,19H,3-8,14-15H2,1-2H3. The molecule has 0 N–H and O–H groups in total. The molecule has 2 saturated heterocycles. The van der Waals surface area contributed by atoms with Crippen molar-refractivity contribution in [3.63, 3.8) is 0 Å². The zero-order valence-electron chi connectivity index (χ0n) is 19.1. The number of hydrogen-bond donors (Lipinski definition) is 0. The lowest BCUT2D eigenvalue weighted by Gasteiger charge is -2.50. The molecule has 3 aliphatic rings. The number of rotatable bonds is 5. The molecule has 9 heteroatoms. The van der Waals surface area contributed by atoms with E-state index in [1.165, 1.54) is 0 Å². The van der Waals surface area contributed by atoms with Gasteiger partial charge in [-0.25, -0.2) is 4.68 Å². The predicted octanol–water partition coefficient (Wildman–Crippen LogP) is 3.33. The Morgan fingerprint density at radius 3 is 2.55 bits per heavy atom. The number of piperazine rings is 1. The molecule has 1 aliphatic carbocycles. The molecule has 4 heterocycles. The summed E-state index contributed by atoms with van der Waals surface area (Å²) in [5.41, 5.74) is 3.18. The van der Waals surface area contributed by atoms with Gasteiger partial charge in [0.05, 0.1) is 59.6 Å². The fraction of sp³-hybridized carbons (Fsp3) is 0.542. The number of hydrogen-bond acceptors (Lipinski definition) is 6. The van der Waals surface area contributed by atoms with Crippen LogP contribution in [-0.4, -0.2) is 75.2 Å². The number of carbonyl (C=O) groups is 1. The van der Waals surface area contributed by atoms with Crippen LogP contribution in [-0.2, 0) is 9.53 Å². The van der Waals surface area contributed by atoms with Crippen LogP contribution in [0.5, 0.6) is 0 Å². The van der Waals surface area contributed by atoms with E-state index in [2.05, 4.69) is 33.0 Å². The number of nitrogens with zero attached hydrogens (tertiary/aromatic N) is 6. The topological polar surface area (TPSA) is 68.4 Å². The van der Waals surface area contributed by atoms with Gasteiger partial charge in [0.1, 0.15) is 11.5 Å². The Kier molecular flexibility index (Phi) is 5.01. The Bertz CT molecular complexity index is 1200. The van der Waals surface area contributed by atoms with Gasteiger partial charge in [0, 0.05) is 37.5 Å². The maximum Gasteiger partial charge on any atom is 0.133 e. The average molecular weight is 469 g/mol. The monoisotopic (exact) mass is 468 g/mol. The van der Waals surface area contributed by atoms with Gasteiger partial charge in [-0.1, -0.05) is 11.6 Å². The van der Waals surface area contributed by atoms with Gasteiger partial charge in [0.2, 0.25) is 0 Å². The van der Waals surface area contributed by atoms with E-state index in [0.717, 1.165) is 79.5 Å². The van der Waals surface area contributed by atoms with Gasteiger partial charge in [0.25, 0.3) is 0 Å². The summed E-state index contributed by atoms with van der Waals surface area (Å²) < 4.78 is 9.36. The van der Waals surface area contributed by atoms with Gasteiger partial charge in [-0.05, 0) is 38.8 Å². The van der Waals surface area contributed by atoms with E-state index in [1.54, 1.807) is 6.92 Å². The number of Topliss-reactive ketones (excluding diaryl/α,β-unsaturated/α-hetero) is 1. The molecule has 8 nitrogen and oxygen atoms in total. The van der Waals surface area contributed by atoms with Gasteiger partial charge in [-0.15, -0.1) is 0 Å². The van der Waals surface area contributed by atoms with Crippen molar-refractivity contribution in [3.05, 3.63) is 35.7 Å². The molecular weight excluding hydrogens is 440 g/mol. The molecule has 0 radical (unpaired) electrons. The van der Waals surface area contributed by atoms with Gasteiger partial charge >= 0.3 is 0 Å². The van der Waals surface area contributed by atoms with E-state index in [4.69, 9.17) is 16.3 Å². The molecule has 0 spiro atoms. The lowest BCUT2D eigenvalue weighted by Crippen LogP contribution is -2.64. The van der Waals surface area contributed by atoms with Crippen LogP contribution in [0.1, 0.15) is 32.7 Å². The first-order valence-electron chi connectivity index (χ1n) is 11.7. The van der Waals surface area contributed by atoms with Crippen LogP contribution in [0.4, 0.5) is 5.69 Å². The Balaban J connectivity index is 1.23. The second-order valence-electron chi connectivity index (χ2n) is 9.99. The number of fused-ring (bicyclic) bond motifs is 1. The molecule has 2 aromatic heterocycles. The number of carbonyl (C=O) groups excluding carboxylic acids is 1. The van der Waals surface area contributed by atoms with Crippen LogP contribution in [0.2, 0.25) is 5.02 Å². The first kappa shape index (κ1) is 21.1. The molecule has 1 saturated carbocycles. The van der Waals surface area contributed by atoms with Crippen LogP contribution in [0.15, 0.2) is 30.7 Å². The first-order chi connectivity index (χ1) is 15.9. The molecular formula is C24H29ClN6O2. The number of ether oxygens (including phenoxy) is 1. The third-order valence-corrected chi connectivity index (χ3v) is 8.04. The molecule has 33 heavy (non-hydrogen) atoms. The highest BCUT2D eigenvalue weighted by Crippen LogP contribution is 2.38. The fourth-order valence-electron chi connectivity index (χ4n) is 5.32. The van der Waals surface area contributed by atoms with Crippen molar-refractivity contribution in [2.75, 3.05) is 44.3 Å². The van der Waals surface area contributed by atoms with Crippen molar-refractivity contribution in [1.29, 1.82) is 0 Å². The Morgan fingerprint density at radius 2 is 1.88 bits per heavy atom. The zero-order chi connectivity index (χ0) is 22.7. The second-order valence-corrected chi connectivity index (χ2v) is 10.4. The molecule has 0 atom stereocenters. The van der Waals surface area contributed by atoms with E-state index in [1.807, 2.05) is 34.0 Å². The highest BCUT2D eigenvalue weighted by molar-refractivity contribution is 6.34. The summed E-state index contributed by atoms with van der Waals surface area (Å²) in [6, 6.07) is 4.46. The summed E-state index contributed by atoms with van der Waals surface area (Å²) in [4.78, 5) is 16.5. The molecule has 0 bridgehead atoms. The SMILES string of the molecule is CC(=O)C1CC(n2cc(-n3ncc4cc(Cl)c(N5CCN(C6(C)COC6)CC5)cc43)cn2)C1. The van der Waals surface area contributed by atoms with E-state index in [0.29, 0.717) is 6.04 Å². The van der Waals surface area contributed by atoms with Crippen LogP contribution in [0.3, 0.4) is 0 Å². The maximum atomic E-state index is 11.5. The highest BCUT2D eigenvalue weighted by atomic mass is 35.5. The van der Waals surface area contributed by atoms with Crippen molar-refractivity contribution in [3.8, 4) is 5.69 Å². The third kappa shape index (κ3) is 3.55. The number of ketones is 1. The Labute approximate surface area is 198 Å². The van der Waals surface area contributed by atoms with Gasteiger partial charge < -0.3 is 9.64 Å². The largest absolute Gasteiger partial charge is 0.377 e. The quantitative estimate of drug-likeness (QED) is 0.572. The number of halogens is 1. The fourth-order valence-corrected chi connectivity index (χ4v) is 5.61. The van der Waals surface area contributed by atoms with Gasteiger partial charge in [0.15, 0.2) is 0 Å². The van der Waals surface area contributed by atoms with Crippen LogP contribution in [0, 0.1) is 5.92 Å². The van der Waals surface area contributed by atoms with Crippen molar-refractivity contribution in [2.24, 2.45) is 5.92 Å². The van der Waals surface area contributed by atoms with Crippen LogP contribution >= 0.6 is 11.6 Å². The minimum atomic E-state index is 0.178. The van der Waals surface area contributed by atoms with Crippen LogP contribution < -0.4 is 4.90 Å². The molecule has 174 valence electrons. The normalized spacial score (nSPS) is 25.1. The lowest BCUT2D eigenvalue weighted by molar-refractivity contribution is -0.131. The van der Waals surface area contributed by atoms with E-state index < -0.39 is 0 Å². The summed E-state index contributed by atoms with van der Waals surface area (Å²) in [6.45, 7) is 9.49. The van der Waals surface area contributed by atoms with E-state index >= 15 is 0 Å². The second kappa shape index (κ2) is 7.82. The molecule has 1 aromatic carbocycles. The number of benzene rings is 1.